The number of benzene rings is 1. The Morgan fingerprint density at radius 1 is 1.43 bits per heavy atom. The van der Waals surface area contributed by atoms with E-state index in [4.69, 9.17) is 4.74 Å². The molecule has 2 aromatic rings. The molecular formula is C18H25N3O2. The molecule has 0 amide bonds. The summed E-state index contributed by atoms with van der Waals surface area (Å²) in [5.74, 6) is 0.814. The molecule has 1 aromatic heterocycles. The molecule has 124 valence electrons. The summed E-state index contributed by atoms with van der Waals surface area (Å²) in [4.78, 5) is 2.33. The SMILES string of the molecule is Cc1cccc(OC[C@H](O)CN2CCC[C@@H]2c2cnn(C)c2)c1. The summed E-state index contributed by atoms with van der Waals surface area (Å²) in [6, 6.07) is 8.27. The predicted octanol–water partition coefficient (Wildman–Crippen LogP) is 2.31. The van der Waals surface area contributed by atoms with Crippen LogP contribution < -0.4 is 4.74 Å². The summed E-state index contributed by atoms with van der Waals surface area (Å²) in [6.07, 6.45) is 5.78. The monoisotopic (exact) mass is 315 g/mol. The first-order valence-corrected chi connectivity index (χ1v) is 8.22. The topological polar surface area (TPSA) is 50.5 Å². The van der Waals surface area contributed by atoms with Crippen molar-refractivity contribution in [1.29, 1.82) is 0 Å². The molecule has 0 unspecified atom stereocenters. The van der Waals surface area contributed by atoms with Crippen LogP contribution in [-0.4, -0.2) is 45.6 Å². The molecule has 2 atom stereocenters. The average Bonchev–Trinajstić information content (AvgIpc) is 3.14. The lowest BCUT2D eigenvalue weighted by Crippen LogP contribution is -2.35. The van der Waals surface area contributed by atoms with Crippen LogP contribution in [0.25, 0.3) is 0 Å². The van der Waals surface area contributed by atoms with Gasteiger partial charge in [-0.3, -0.25) is 9.58 Å². The number of hydrogen-bond acceptors (Lipinski definition) is 4. The molecule has 3 rings (SSSR count). The van der Waals surface area contributed by atoms with Crippen LogP contribution >= 0.6 is 0 Å². The van der Waals surface area contributed by atoms with E-state index in [2.05, 4.69) is 16.2 Å². The summed E-state index contributed by atoms with van der Waals surface area (Å²) in [5.41, 5.74) is 2.39. The standard InChI is InChI=1S/C18H25N3O2/c1-14-5-3-6-17(9-14)23-13-16(22)12-21-8-4-7-18(21)15-10-19-20(2)11-15/h3,5-6,9-11,16,18,22H,4,7-8,12-13H2,1-2H3/t16-,18-/m1/s1. The smallest absolute Gasteiger partial charge is 0.119 e. The van der Waals surface area contributed by atoms with E-state index < -0.39 is 6.10 Å². The van der Waals surface area contributed by atoms with Crippen LogP contribution in [0, 0.1) is 6.92 Å². The molecule has 1 saturated heterocycles. The molecule has 5 heteroatoms. The molecule has 1 aliphatic heterocycles. The lowest BCUT2D eigenvalue weighted by Gasteiger charge is -2.26. The Morgan fingerprint density at radius 2 is 2.30 bits per heavy atom. The van der Waals surface area contributed by atoms with Gasteiger partial charge in [0.25, 0.3) is 0 Å². The average molecular weight is 315 g/mol. The Balaban J connectivity index is 1.53. The molecule has 23 heavy (non-hydrogen) atoms. The van der Waals surface area contributed by atoms with Crippen LogP contribution in [0.3, 0.4) is 0 Å². The molecule has 1 aliphatic rings. The molecule has 1 N–H and O–H groups in total. The Hall–Kier alpha value is -1.85. The number of ether oxygens (including phenoxy) is 1. The van der Waals surface area contributed by atoms with E-state index >= 15 is 0 Å². The number of β-amino-alcohol motifs (C(OH)–C–C–N with tert-alkyl or cyclic N) is 1. The molecule has 0 bridgehead atoms. The molecular weight excluding hydrogens is 290 g/mol. The summed E-state index contributed by atoms with van der Waals surface area (Å²) >= 11 is 0. The van der Waals surface area contributed by atoms with Gasteiger partial charge in [-0.15, -0.1) is 0 Å². The minimum absolute atomic E-state index is 0.319. The lowest BCUT2D eigenvalue weighted by molar-refractivity contribution is 0.0638. The molecule has 0 spiro atoms. The van der Waals surface area contributed by atoms with Crippen LogP contribution in [0.4, 0.5) is 0 Å². The van der Waals surface area contributed by atoms with Crippen LogP contribution in [0.1, 0.15) is 30.0 Å². The van der Waals surface area contributed by atoms with Gasteiger partial charge in [0.2, 0.25) is 0 Å². The van der Waals surface area contributed by atoms with Gasteiger partial charge in [0.05, 0.1) is 6.20 Å². The number of aryl methyl sites for hydroxylation is 2. The third-order valence-corrected chi connectivity index (χ3v) is 4.35. The van der Waals surface area contributed by atoms with Gasteiger partial charge in [-0.25, -0.2) is 0 Å². The van der Waals surface area contributed by atoms with Crippen LogP contribution in [0.5, 0.6) is 5.75 Å². The van der Waals surface area contributed by atoms with E-state index in [9.17, 15) is 5.11 Å². The minimum atomic E-state index is -0.493. The summed E-state index contributed by atoms with van der Waals surface area (Å²) in [6.45, 7) is 4.00. The van der Waals surface area contributed by atoms with E-state index in [1.807, 2.05) is 49.1 Å². The number of aliphatic hydroxyl groups excluding tert-OH is 1. The highest BCUT2D eigenvalue weighted by Crippen LogP contribution is 2.31. The van der Waals surface area contributed by atoms with Crippen LogP contribution in [0.2, 0.25) is 0 Å². The van der Waals surface area contributed by atoms with Crippen molar-refractivity contribution in [3.63, 3.8) is 0 Å². The largest absolute Gasteiger partial charge is 0.491 e. The fourth-order valence-electron chi connectivity index (χ4n) is 3.26. The van der Waals surface area contributed by atoms with Crippen molar-refractivity contribution in [2.45, 2.75) is 31.9 Å². The minimum Gasteiger partial charge on any atom is -0.491 e. The maximum Gasteiger partial charge on any atom is 0.119 e. The Labute approximate surface area is 137 Å². The Morgan fingerprint density at radius 3 is 3.04 bits per heavy atom. The van der Waals surface area contributed by atoms with Crippen LogP contribution in [0.15, 0.2) is 36.7 Å². The van der Waals surface area contributed by atoms with Crippen molar-refractivity contribution in [3.05, 3.63) is 47.8 Å². The highest BCUT2D eigenvalue weighted by molar-refractivity contribution is 5.27. The first kappa shape index (κ1) is 16.0. The summed E-state index contributed by atoms with van der Waals surface area (Å²) in [5, 5.41) is 14.6. The Kier molecular flexibility index (Phi) is 4.98. The molecule has 1 fully saturated rings. The fourth-order valence-corrected chi connectivity index (χ4v) is 3.26. The maximum absolute atomic E-state index is 10.3. The van der Waals surface area contributed by atoms with Crippen molar-refractivity contribution in [2.24, 2.45) is 7.05 Å². The number of aliphatic hydroxyl groups is 1. The van der Waals surface area contributed by atoms with E-state index in [-0.39, 0.29) is 0 Å². The molecule has 0 saturated carbocycles. The van der Waals surface area contributed by atoms with Gasteiger partial charge in [-0.05, 0) is 44.0 Å². The zero-order valence-corrected chi connectivity index (χ0v) is 13.9. The van der Waals surface area contributed by atoms with Gasteiger partial charge >= 0.3 is 0 Å². The molecule has 5 nitrogen and oxygen atoms in total. The maximum atomic E-state index is 10.3. The van der Waals surface area contributed by atoms with E-state index in [1.54, 1.807) is 0 Å². The van der Waals surface area contributed by atoms with Crippen LogP contribution in [-0.2, 0) is 7.05 Å². The van der Waals surface area contributed by atoms with E-state index in [1.165, 1.54) is 5.56 Å². The number of nitrogens with zero attached hydrogens (tertiary/aromatic N) is 3. The number of likely N-dealkylation sites (tertiary alicyclic amines) is 1. The quantitative estimate of drug-likeness (QED) is 0.889. The summed E-state index contributed by atoms with van der Waals surface area (Å²) < 4.78 is 7.55. The molecule has 0 aliphatic carbocycles. The second-order valence-corrected chi connectivity index (χ2v) is 6.38. The van der Waals surface area contributed by atoms with E-state index in [0.717, 1.165) is 30.7 Å². The predicted molar refractivity (Wildman–Crippen MR) is 89.4 cm³/mol. The van der Waals surface area contributed by atoms with Gasteiger partial charge in [0.1, 0.15) is 18.5 Å². The third kappa shape index (κ3) is 4.12. The van der Waals surface area contributed by atoms with Crippen molar-refractivity contribution in [3.8, 4) is 5.75 Å². The third-order valence-electron chi connectivity index (χ3n) is 4.35. The lowest BCUT2D eigenvalue weighted by atomic mass is 10.1. The molecule has 2 heterocycles. The first-order valence-electron chi connectivity index (χ1n) is 8.22. The highest BCUT2D eigenvalue weighted by atomic mass is 16.5. The van der Waals surface area contributed by atoms with E-state index in [0.29, 0.717) is 19.2 Å². The Bertz CT molecular complexity index is 641. The second kappa shape index (κ2) is 7.15. The van der Waals surface area contributed by atoms with Gasteiger partial charge < -0.3 is 9.84 Å². The zero-order valence-electron chi connectivity index (χ0n) is 13.9. The number of hydrogen-bond donors (Lipinski definition) is 1. The normalized spacial score (nSPS) is 19.9. The fraction of sp³-hybridized carbons (Fsp3) is 0.500. The number of rotatable bonds is 6. The van der Waals surface area contributed by atoms with Crippen molar-refractivity contribution in [1.82, 2.24) is 14.7 Å². The van der Waals surface area contributed by atoms with Gasteiger partial charge in [-0.1, -0.05) is 12.1 Å². The first-order chi connectivity index (χ1) is 11.1. The van der Waals surface area contributed by atoms with Crippen molar-refractivity contribution >= 4 is 0 Å². The molecule has 0 radical (unpaired) electrons. The highest BCUT2D eigenvalue weighted by Gasteiger charge is 2.28. The van der Waals surface area contributed by atoms with Crippen molar-refractivity contribution < 1.29 is 9.84 Å². The zero-order chi connectivity index (χ0) is 16.2. The second-order valence-electron chi connectivity index (χ2n) is 6.38. The van der Waals surface area contributed by atoms with Crippen molar-refractivity contribution in [2.75, 3.05) is 19.7 Å². The van der Waals surface area contributed by atoms with Gasteiger partial charge in [0, 0.05) is 31.4 Å². The number of aromatic nitrogens is 2. The molecule has 1 aromatic carbocycles. The summed E-state index contributed by atoms with van der Waals surface area (Å²) in [7, 11) is 1.94. The van der Waals surface area contributed by atoms with Gasteiger partial charge in [0.15, 0.2) is 0 Å². The van der Waals surface area contributed by atoms with Gasteiger partial charge in [-0.2, -0.15) is 5.10 Å².